The molecule has 2 aliphatic rings. The van der Waals surface area contributed by atoms with Gasteiger partial charge in [-0.1, -0.05) is 31.9 Å². The molecule has 0 atom stereocenters. The molecule has 1 amide bonds. The van der Waals surface area contributed by atoms with Gasteiger partial charge < -0.3 is 15.3 Å². The molecule has 4 nitrogen and oxygen atoms in total. The molecule has 0 aromatic heterocycles. The van der Waals surface area contributed by atoms with Crippen LogP contribution in [0.25, 0.3) is 0 Å². The van der Waals surface area contributed by atoms with Gasteiger partial charge in [-0.15, -0.1) is 0 Å². The van der Waals surface area contributed by atoms with Crippen LogP contribution < -0.4 is 10.2 Å². The maximum Gasteiger partial charge on any atom is 0.226 e. The summed E-state index contributed by atoms with van der Waals surface area (Å²) in [5.74, 6) is 0.704. The number of nitrogens with zero attached hydrogens (tertiary/aromatic N) is 1. The highest BCUT2D eigenvalue weighted by Crippen LogP contribution is 2.41. The Kier molecular flexibility index (Phi) is 6.00. The van der Waals surface area contributed by atoms with Crippen molar-refractivity contribution in [3.63, 3.8) is 0 Å². The fraction of sp³-hybridized carbons (Fsp3) is 0.667. The molecule has 1 aromatic carbocycles. The number of anilines is 1. The van der Waals surface area contributed by atoms with E-state index in [4.69, 9.17) is 0 Å². The van der Waals surface area contributed by atoms with E-state index in [1.165, 1.54) is 18.5 Å². The van der Waals surface area contributed by atoms with E-state index in [1.54, 1.807) is 0 Å². The second-order valence-corrected chi connectivity index (χ2v) is 7.80. The number of amides is 1. The van der Waals surface area contributed by atoms with Gasteiger partial charge in [-0.2, -0.15) is 0 Å². The average Bonchev–Trinajstić information content (AvgIpc) is 3.17. The summed E-state index contributed by atoms with van der Waals surface area (Å²) in [4.78, 5) is 15.0. The minimum absolute atomic E-state index is 0.114. The molecule has 2 N–H and O–H groups in total. The lowest BCUT2D eigenvalue weighted by Crippen LogP contribution is -2.38. The first-order valence-electron chi connectivity index (χ1n) is 9.90. The van der Waals surface area contributed by atoms with Crippen LogP contribution in [0.15, 0.2) is 24.3 Å². The first-order chi connectivity index (χ1) is 12.2. The lowest BCUT2D eigenvalue weighted by molar-refractivity contribution is -0.131. The van der Waals surface area contributed by atoms with Crippen molar-refractivity contribution in [1.29, 1.82) is 0 Å². The highest BCUT2D eigenvalue weighted by Gasteiger charge is 2.38. The summed E-state index contributed by atoms with van der Waals surface area (Å²) in [5.41, 5.74) is 2.29. The predicted octanol–water partition coefficient (Wildman–Crippen LogP) is 3.48. The maximum absolute atomic E-state index is 12.6. The molecule has 3 rings (SSSR count). The van der Waals surface area contributed by atoms with Crippen molar-refractivity contribution < 1.29 is 9.90 Å². The Morgan fingerprint density at radius 1 is 1.20 bits per heavy atom. The van der Waals surface area contributed by atoms with Gasteiger partial charge in [-0.25, -0.2) is 0 Å². The van der Waals surface area contributed by atoms with Crippen LogP contribution in [-0.4, -0.2) is 30.7 Å². The van der Waals surface area contributed by atoms with Crippen molar-refractivity contribution in [2.75, 3.05) is 24.6 Å². The SMILES string of the molecule is CCC1(C(=O)NCc2ccc(N3CCC(CO)CC3)cc2)CCCC1. The summed E-state index contributed by atoms with van der Waals surface area (Å²) in [5, 5.41) is 12.4. The predicted molar refractivity (Wildman–Crippen MR) is 102 cm³/mol. The molecule has 1 aliphatic heterocycles. The van der Waals surface area contributed by atoms with Gasteiger partial charge >= 0.3 is 0 Å². The summed E-state index contributed by atoms with van der Waals surface area (Å²) in [6.07, 6.45) is 7.52. The van der Waals surface area contributed by atoms with E-state index in [1.807, 2.05) is 0 Å². The van der Waals surface area contributed by atoms with Gasteiger partial charge in [0.25, 0.3) is 0 Å². The number of nitrogens with one attached hydrogen (secondary N) is 1. The summed E-state index contributed by atoms with van der Waals surface area (Å²) in [6, 6.07) is 8.57. The van der Waals surface area contributed by atoms with Crippen LogP contribution in [0, 0.1) is 11.3 Å². The molecule has 2 fully saturated rings. The van der Waals surface area contributed by atoms with Crippen molar-refractivity contribution >= 4 is 11.6 Å². The van der Waals surface area contributed by atoms with E-state index in [9.17, 15) is 9.90 Å². The van der Waals surface area contributed by atoms with Crippen molar-refractivity contribution in [3.05, 3.63) is 29.8 Å². The Balaban J connectivity index is 1.52. The summed E-state index contributed by atoms with van der Waals surface area (Å²) in [6.45, 7) is 5.10. The zero-order chi connectivity index (χ0) is 17.7. The second-order valence-electron chi connectivity index (χ2n) is 7.80. The first-order valence-corrected chi connectivity index (χ1v) is 9.90. The van der Waals surface area contributed by atoms with E-state index in [0.717, 1.165) is 50.8 Å². The van der Waals surface area contributed by atoms with Crippen molar-refractivity contribution in [3.8, 4) is 0 Å². The third-order valence-electron chi connectivity index (χ3n) is 6.35. The lowest BCUT2D eigenvalue weighted by Gasteiger charge is -2.33. The zero-order valence-electron chi connectivity index (χ0n) is 15.5. The van der Waals surface area contributed by atoms with E-state index < -0.39 is 0 Å². The molecule has 0 unspecified atom stereocenters. The van der Waals surface area contributed by atoms with Crippen LogP contribution in [0.5, 0.6) is 0 Å². The number of rotatable bonds is 6. The summed E-state index contributed by atoms with van der Waals surface area (Å²) in [7, 11) is 0. The Labute approximate surface area is 151 Å². The largest absolute Gasteiger partial charge is 0.396 e. The zero-order valence-corrected chi connectivity index (χ0v) is 15.5. The first kappa shape index (κ1) is 18.2. The van der Waals surface area contributed by atoms with E-state index in [2.05, 4.69) is 41.4 Å². The van der Waals surface area contributed by atoms with E-state index in [0.29, 0.717) is 19.1 Å². The number of carbonyl (C=O) groups excluding carboxylic acids is 1. The topological polar surface area (TPSA) is 52.6 Å². The minimum atomic E-state index is -0.114. The molecule has 1 saturated carbocycles. The minimum Gasteiger partial charge on any atom is -0.396 e. The quantitative estimate of drug-likeness (QED) is 0.831. The lowest BCUT2D eigenvalue weighted by atomic mass is 9.82. The third kappa shape index (κ3) is 4.17. The molecule has 138 valence electrons. The molecule has 1 aliphatic carbocycles. The highest BCUT2D eigenvalue weighted by molar-refractivity contribution is 5.82. The average molecular weight is 344 g/mol. The van der Waals surface area contributed by atoms with Crippen LogP contribution in [0.2, 0.25) is 0 Å². The van der Waals surface area contributed by atoms with Gasteiger partial charge in [0.15, 0.2) is 0 Å². The fourth-order valence-corrected chi connectivity index (χ4v) is 4.36. The van der Waals surface area contributed by atoms with Crippen LogP contribution in [0.3, 0.4) is 0 Å². The molecule has 4 heteroatoms. The van der Waals surface area contributed by atoms with Gasteiger partial charge in [0.05, 0.1) is 0 Å². The van der Waals surface area contributed by atoms with Gasteiger partial charge in [0.2, 0.25) is 5.91 Å². The number of carbonyl (C=O) groups is 1. The van der Waals surface area contributed by atoms with Gasteiger partial charge in [0.1, 0.15) is 0 Å². The van der Waals surface area contributed by atoms with Gasteiger partial charge in [-0.3, -0.25) is 4.79 Å². The Hall–Kier alpha value is -1.55. The molecule has 1 saturated heterocycles. The molecular weight excluding hydrogens is 312 g/mol. The van der Waals surface area contributed by atoms with Crippen LogP contribution in [0.4, 0.5) is 5.69 Å². The number of piperidine rings is 1. The monoisotopic (exact) mass is 344 g/mol. The van der Waals surface area contributed by atoms with Gasteiger partial charge in [-0.05, 0) is 55.7 Å². The number of aliphatic hydroxyl groups is 1. The summed E-state index contributed by atoms with van der Waals surface area (Å²) < 4.78 is 0. The van der Waals surface area contributed by atoms with E-state index in [-0.39, 0.29) is 11.3 Å². The van der Waals surface area contributed by atoms with Crippen LogP contribution in [-0.2, 0) is 11.3 Å². The van der Waals surface area contributed by atoms with Gasteiger partial charge in [0, 0.05) is 37.3 Å². The fourth-order valence-electron chi connectivity index (χ4n) is 4.36. The smallest absolute Gasteiger partial charge is 0.226 e. The molecule has 1 aromatic rings. The Morgan fingerprint density at radius 2 is 1.84 bits per heavy atom. The van der Waals surface area contributed by atoms with Crippen LogP contribution >= 0.6 is 0 Å². The van der Waals surface area contributed by atoms with Crippen molar-refractivity contribution in [2.45, 2.75) is 58.4 Å². The molecule has 0 spiro atoms. The normalized spacial score (nSPS) is 20.6. The third-order valence-corrected chi connectivity index (χ3v) is 6.35. The van der Waals surface area contributed by atoms with E-state index >= 15 is 0 Å². The molecule has 0 bridgehead atoms. The Bertz CT molecular complexity index is 556. The maximum atomic E-state index is 12.6. The molecule has 25 heavy (non-hydrogen) atoms. The molecule has 0 radical (unpaired) electrons. The molecule has 1 heterocycles. The van der Waals surface area contributed by atoms with Crippen LogP contribution in [0.1, 0.15) is 57.4 Å². The molecular formula is C21H32N2O2. The van der Waals surface area contributed by atoms with Crippen molar-refractivity contribution in [2.24, 2.45) is 11.3 Å². The number of hydrogen-bond acceptors (Lipinski definition) is 3. The Morgan fingerprint density at radius 3 is 2.40 bits per heavy atom. The number of aliphatic hydroxyl groups excluding tert-OH is 1. The summed E-state index contributed by atoms with van der Waals surface area (Å²) >= 11 is 0. The number of benzene rings is 1. The second kappa shape index (κ2) is 8.22. The van der Waals surface area contributed by atoms with Crippen molar-refractivity contribution in [1.82, 2.24) is 5.32 Å². The number of hydrogen-bond donors (Lipinski definition) is 2. The highest BCUT2D eigenvalue weighted by atomic mass is 16.3. The standard InChI is InChI=1S/C21H32N2O2/c1-2-21(11-3-4-12-21)20(25)22-15-17-5-7-19(8-6-17)23-13-9-18(16-24)10-14-23/h5-8,18,24H,2-4,9-16H2,1H3,(H,22,25).